The van der Waals surface area contributed by atoms with Crippen molar-refractivity contribution in [2.24, 2.45) is 5.92 Å². The number of nitrogens with zero attached hydrogens (tertiary/aromatic N) is 1. The fraction of sp³-hybridized carbons (Fsp3) is 0.286. The van der Waals surface area contributed by atoms with E-state index >= 15 is 0 Å². The van der Waals surface area contributed by atoms with Gasteiger partial charge in [-0.2, -0.15) is 0 Å². The lowest BCUT2D eigenvalue weighted by Crippen LogP contribution is -2.40. The standard InChI is InChI=1S/C21H18Cl2F2N2O3/c1-11(2-3-12-4-6-15(22)16(23)8-12)26-20(29)14-10-27(21(30)19(14)28)18-7-5-13(24)9-17(18)25/h4-9,11,14H,2-3,10H2,1H3,(H,26,29)/t11-,14?/m1/s1. The smallest absolute Gasteiger partial charge is 0.295 e. The topological polar surface area (TPSA) is 66.5 Å². The Morgan fingerprint density at radius 2 is 1.90 bits per heavy atom. The number of carbonyl (C=O) groups is 3. The van der Waals surface area contributed by atoms with Crippen LogP contribution in [0, 0.1) is 17.6 Å². The molecule has 0 aliphatic carbocycles. The van der Waals surface area contributed by atoms with E-state index in [9.17, 15) is 23.2 Å². The highest BCUT2D eigenvalue weighted by Gasteiger charge is 2.44. The first-order chi connectivity index (χ1) is 14.2. The number of hydrogen-bond donors (Lipinski definition) is 1. The normalized spacial score (nSPS) is 17.4. The average Bonchev–Trinajstić information content (AvgIpc) is 2.98. The van der Waals surface area contributed by atoms with Crippen molar-refractivity contribution in [2.75, 3.05) is 11.4 Å². The molecule has 1 heterocycles. The van der Waals surface area contributed by atoms with Crippen molar-refractivity contribution in [3.63, 3.8) is 0 Å². The summed E-state index contributed by atoms with van der Waals surface area (Å²) in [4.78, 5) is 37.9. The number of benzene rings is 2. The highest BCUT2D eigenvalue weighted by Crippen LogP contribution is 2.27. The van der Waals surface area contributed by atoms with E-state index in [0.29, 0.717) is 29.0 Å². The van der Waals surface area contributed by atoms with Gasteiger partial charge in [-0.1, -0.05) is 29.3 Å². The molecule has 2 atom stereocenters. The lowest BCUT2D eigenvalue weighted by Gasteiger charge is -2.18. The third-order valence-electron chi connectivity index (χ3n) is 4.89. The summed E-state index contributed by atoms with van der Waals surface area (Å²) in [6.45, 7) is 1.47. The Morgan fingerprint density at radius 1 is 1.17 bits per heavy atom. The summed E-state index contributed by atoms with van der Waals surface area (Å²) in [6, 6.07) is 7.64. The average molecular weight is 455 g/mol. The summed E-state index contributed by atoms with van der Waals surface area (Å²) in [5, 5.41) is 3.60. The van der Waals surface area contributed by atoms with Gasteiger partial charge in [0.2, 0.25) is 11.7 Å². The number of anilines is 1. The van der Waals surface area contributed by atoms with E-state index in [1.807, 2.05) is 6.07 Å². The lowest BCUT2D eigenvalue weighted by molar-refractivity contribution is -0.139. The van der Waals surface area contributed by atoms with Crippen LogP contribution >= 0.6 is 23.2 Å². The van der Waals surface area contributed by atoms with Gasteiger partial charge in [-0.3, -0.25) is 14.4 Å². The van der Waals surface area contributed by atoms with E-state index in [0.717, 1.165) is 22.6 Å². The van der Waals surface area contributed by atoms with E-state index in [1.54, 1.807) is 19.1 Å². The predicted octanol–water partition coefficient (Wildman–Crippen LogP) is 3.94. The third kappa shape index (κ3) is 4.79. The van der Waals surface area contributed by atoms with Crippen LogP contribution in [0.1, 0.15) is 18.9 Å². The zero-order valence-electron chi connectivity index (χ0n) is 15.9. The molecule has 158 valence electrons. The van der Waals surface area contributed by atoms with Gasteiger partial charge in [-0.05, 0) is 49.6 Å². The van der Waals surface area contributed by atoms with Crippen LogP contribution < -0.4 is 10.2 Å². The molecule has 1 fully saturated rings. The first-order valence-electron chi connectivity index (χ1n) is 9.22. The van der Waals surface area contributed by atoms with Gasteiger partial charge >= 0.3 is 0 Å². The Labute approximate surface area is 181 Å². The lowest BCUT2D eigenvalue weighted by atomic mass is 10.0. The molecule has 0 bridgehead atoms. The number of aryl methyl sites for hydroxylation is 1. The molecule has 0 radical (unpaired) electrons. The molecular formula is C21H18Cl2F2N2O3. The van der Waals surface area contributed by atoms with Crippen LogP contribution in [-0.2, 0) is 20.8 Å². The maximum atomic E-state index is 14.0. The van der Waals surface area contributed by atoms with Crippen molar-refractivity contribution < 1.29 is 23.2 Å². The predicted molar refractivity (Wildman–Crippen MR) is 110 cm³/mol. The van der Waals surface area contributed by atoms with Crippen molar-refractivity contribution in [3.8, 4) is 0 Å². The fourth-order valence-corrected chi connectivity index (χ4v) is 3.55. The van der Waals surface area contributed by atoms with Gasteiger partial charge in [0.1, 0.15) is 17.6 Å². The van der Waals surface area contributed by atoms with Crippen LogP contribution in [0.4, 0.5) is 14.5 Å². The Hall–Kier alpha value is -2.51. The van der Waals surface area contributed by atoms with Gasteiger partial charge in [-0.15, -0.1) is 0 Å². The maximum Gasteiger partial charge on any atom is 0.295 e. The highest BCUT2D eigenvalue weighted by molar-refractivity contribution is 6.47. The number of halogens is 4. The monoisotopic (exact) mass is 454 g/mol. The van der Waals surface area contributed by atoms with Crippen LogP contribution in [0.15, 0.2) is 36.4 Å². The van der Waals surface area contributed by atoms with Crippen LogP contribution in [0.2, 0.25) is 10.0 Å². The molecule has 1 aliphatic rings. The van der Waals surface area contributed by atoms with E-state index in [1.165, 1.54) is 0 Å². The second-order valence-corrected chi connectivity index (χ2v) is 7.94. The molecule has 5 nitrogen and oxygen atoms in total. The minimum Gasteiger partial charge on any atom is -0.353 e. The molecule has 0 aromatic heterocycles. The SMILES string of the molecule is C[C@H](CCc1ccc(Cl)c(Cl)c1)NC(=O)C1CN(c2ccc(F)cc2F)C(=O)C1=O. The van der Waals surface area contributed by atoms with Crippen LogP contribution in [-0.4, -0.2) is 30.2 Å². The third-order valence-corrected chi connectivity index (χ3v) is 5.63. The largest absolute Gasteiger partial charge is 0.353 e. The molecule has 2 amide bonds. The van der Waals surface area contributed by atoms with E-state index < -0.39 is 35.1 Å². The van der Waals surface area contributed by atoms with Crippen LogP contribution in [0.3, 0.4) is 0 Å². The Kier molecular flexibility index (Phi) is 6.73. The van der Waals surface area contributed by atoms with Crippen molar-refractivity contribution in [2.45, 2.75) is 25.8 Å². The molecule has 0 spiro atoms. The maximum absolute atomic E-state index is 14.0. The zero-order chi connectivity index (χ0) is 22.0. The number of amides is 2. The van der Waals surface area contributed by atoms with Crippen LogP contribution in [0.5, 0.6) is 0 Å². The molecule has 2 aromatic carbocycles. The van der Waals surface area contributed by atoms with Gasteiger partial charge in [0.05, 0.1) is 15.7 Å². The molecule has 1 unspecified atom stereocenters. The fourth-order valence-electron chi connectivity index (χ4n) is 3.23. The Bertz CT molecular complexity index is 1020. The number of nitrogens with one attached hydrogen (secondary N) is 1. The first kappa shape index (κ1) is 22.2. The summed E-state index contributed by atoms with van der Waals surface area (Å²) >= 11 is 11.9. The molecule has 3 rings (SSSR count). The highest BCUT2D eigenvalue weighted by atomic mass is 35.5. The zero-order valence-corrected chi connectivity index (χ0v) is 17.4. The van der Waals surface area contributed by atoms with Gasteiger partial charge in [-0.25, -0.2) is 8.78 Å². The minimum atomic E-state index is -1.26. The first-order valence-corrected chi connectivity index (χ1v) is 9.98. The number of Topliss-reactive ketones (excluding diaryl/α,β-unsaturated/α-hetero) is 1. The van der Waals surface area contributed by atoms with E-state index in [4.69, 9.17) is 23.2 Å². The second kappa shape index (κ2) is 9.10. The molecule has 0 saturated carbocycles. The molecule has 2 aromatic rings. The number of carbonyl (C=O) groups excluding carboxylic acids is 3. The molecule has 1 N–H and O–H groups in total. The number of hydrogen-bond acceptors (Lipinski definition) is 3. The van der Waals surface area contributed by atoms with Crippen LogP contribution in [0.25, 0.3) is 0 Å². The molecule has 1 saturated heterocycles. The van der Waals surface area contributed by atoms with Crippen molar-refractivity contribution >= 4 is 46.5 Å². The summed E-state index contributed by atoms with van der Waals surface area (Å²) < 4.78 is 27.1. The van der Waals surface area contributed by atoms with Gasteiger partial charge in [0.25, 0.3) is 5.91 Å². The quantitative estimate of drug-likeness (QED) is 0.530. The summed E-state index contributed by atoms with van der Waals surface area (Å²) in [5.74, 6) is -5.57. The van der Waals surface area contributed by atoms with Crippen molar-refractivity contribution in [3.05, 3.63) is 63.6 Å². The molecular weight excluding hydrogens is 437 g/mol. The molecule has 9 heteroatoms. The summed E-state index contributed by atoms with van der Waals surface area (Å²) in [7, 11) is 0. The molecule has 30 heavy (non-hydrogen) atoms. The Morgan fingerprint density at radius 3 is 2.57 bits per heavy atom. The summed E-state index contributed by atoms with van der Waals surface area (Å²) in [6.07, 6.45) is 1.18. The van der Waals surface area contributed by atoms with Gasteiger partial charge in [0, 0.05) is 18.7 Å². The Balaban J connectivity index is 1.61. The second-order valence-electron chi connectivity index (χ2n) is 7.13. The van der Waals surface area contributed by atoms with E-state index in [-0.39, 0.29) is 18.3 Å². The van der Waals surface area contributed by atoms with Gasteiger partial charge in [0.15, 0.2) is 0 Å². The van der Waals surface area contributed by atoms with Crippen molar-refractivity contribution in [1.29, 1.82) is 0 Å². The van der Waals surface area contributed by atoms with Gasteiger partial charge < -0.3 is 10.2 Å². The van der Waals surface area contributed by atoms with Crippen molar-refractivity contribution in [1.82, 2.24) is 5.32 Å². The summed E-state index contributed by atoms with van der Waals surface area (Å²) in [5.41, 5.74) is 0.702. The molecule has 1 aliphatic heterocycles. The minimum absolute atomic E-state index is 0.238. The number of rotatable bonds is 6. The number of ketones is 1. The van der Waals surface area contributed by atoms with E-state index in [2.05, 4.69) is 5.32 Å².